The van der Waals surface area contributed by atoms with E-state index in [0.717, 1.165) is 9.87 Å². The van der Waals surface area contributed by atoms with Crippen LogP contribution in [0.5, 0.6) is 11.5 Å². The SMILES string of the molecule is COc1ccccc1CC(=O)Nc1ccc(OC)c(S(=O)(=O)N(C)C)c1. The van der Waals surface area contributed by atoms with Crippen LogP contribution in [0.15, 0.2) is 47.4 Å². The normalized spacial score (nSPS) is 11.3. The molecule has 0 spiro atoms. The Balaban J connectivity index is 2.26. The summed E-state index contributed by atoms with van der Waals surface area (Å²) in [5.41, 5.74) is 1.10. The lowest BCUT2D eigenvalue weighted by atomic mass is 10.1. The highest BCUT2D eigenvalue weighted by Gasteiger charge is 2.23. The molecule has 0 aliphatic rings. The number of carbonyl (C=O) groups excluding carboxylic acids is 1. The molecule has 0 saturated carbocycles. The Labute approximate surface area is 153 Å². The van der Waals surface area contributed by atoms with Crippen LogP contribution in [0.25, 0.3) is 0 Å². The average Bonchev–Trinajstić information content (AvgIpc) is 2.61. The van der Waals surface area contributed by atoms with Crippen LogP contribution >= 0.6 is 0 Å². The van der Waals surface area contributed by atoms with Gasteiger partial charge in [-0.2, -0.15) is 0 Å². The molecule has 0 unspecified atom stereocenters. The third-order valence-electron chi connectivity index (χ3n) is 3.75. The monoisotopic (exact) mass is 378 g/mol. The van der Waals surface area contributed by atoms with E-state index in [1.54, 1.807) is 25.3 Å². The number of benzene rings is 2. The summed E-state index contributed by atoms with van der Waals surface area (Å²) >= 11 is 0. The fourth-order valence-corrected chi connectivity index (χ4v) is 3.45. The van der Waals surface area contributed by atoms with Gasteiger partial charge in [-0.25, -0.2) is 12.7 Å². The molecule has 7 nitrogen and oxygen atoms in total. The first-order valence-electron chi connectivity index (χ1n) is 7.82. The Bertz CT molecular complexity index is 894. The maximum Gasteiger partial charge on any atom is 0.246 e. The third kappa shape index (κ3) is 4.33. The van der Waals surface area contributed by atoms with Gasteiger partial charge in [0.05, 0.1) is 20.6 Å². The van der Waals surface area contributed by atoms with Gasteiger partial charge in [0.1, 0.15) is 16.4 Å². The predicted molar refractivity (Wildman–Crippen MR) is 99.2 cm³/mol. The number of nitrogens with zero attached hydrogens (tertiary/aromatic N) is 1. The van der Waals surface area contributed by atoms with E-state index in [-0.39, 0.29) is 23.0 Å². The summed E-state index contributed by atoms with van der Waals surface area (Å²) in [6.07, 6.45) is 0.103. The van der Waals surface area contributed by atoms with Crippen molar-refractivity contribution in [2.45, 2.75) is 11.3 Å². The third-order valence-corrected chi connectivity index (χ3v) is 5.59. The van der Waals surface area contributed by atoms with Gasteiger partial charge in [0.25, 0.3) is 0 Å². The summed E-state index contributed by atoms with van der Waals surface area (Å²) < 4.78 is 36.3. The number of rotatable bonds is 7. The number of hydrogen-bond acceptors (Lipinski definition) is 5. The summed E-state index contributed by atoms with van der Waals surface area (Å²) in [6.45, 7) is 0. The van der Waals surface area contributed by atoms with Crippen LogP contribution in [0.1, 0.15) is 5.56 Å². The van der Waals surface area contributed by atoms with E-state index < -0.39 is 10.0 Å². The lowest BCUT2D eigenvalue weighted by Crippen LogP contribution is -2.23. The molecule has 2 rings (SSSR count). The van der Waals surface area contributed by atoms with E-state index in [4.69, 9.17) is 9.47 Å². The van der Waals surface area contributed by atoms with Gasteiger partial charge in [-0.05, 0) is 24.3 Å². The molecule has 0 bridgehead atoms. The number of para-hydroxylation sites is 1. The summed E-state index contributed by atoms with van der Waals surface area (Å²) in [7, 11) is 2.09. The Kier molecular flexibility index (Phi) is 6.23. The molecule has 1 N–H and O–H groups in total. The first-order chi connectivity index (χ1) is 12.3. The summed E-state index contributed by atoms with van der Waals surface area (Å²) in [5.74, 6) is 0.544. The van der Waals surface area contributed by atoms with Gasteiger partial charge in [0, 0.05) is 25.3 Å². The van der Waals surface area contributed by atoms with E-state index in [1.807, 2.05) is 12.1 Å². The minimum atomic E-state index is -3.71. The number of methoxy groups -OCH3 is 2. The van der Waals surface area contributed by atoms with E-state index in [2.05, 4.69) is 5.32 Å². The lowest BCUT2D eigenvalue weighted by molar-refractivity contribution is -0.115. The van der Waals surface area contributed by atoms with Gasteiger partial charge in [0.2, 0.25) is 15.9 Å². The van der Waals surface area contributed by atoms with Crippen LogP contribution in [-0.4, -0.2) is 46.9 Å². The van der Waals surface area contributed by atoms with Crippen molar-refractivity contribution < 1.29 is 22.7 Å². The molecule has 0 radical (unpaired) electrons. The highest BCUT2D eigenvalue weighted by Crippen LogP contribution is 2.29. The highest BCUT2D eigenvalue weighted by molar-refractivity contribution is 7.89. The Morgan fingerprint density at radius 2 is 1.69 bits per heavy atom. The van der Waals surface area contributed by atoms with Crippen molar-refractivity contribution in [3.8, 4) is 11.5 Å². The number of hydrogen-bond donors (Lipinski definition) is 1. The zero-order valence-corrected chi connectivity index (χ0v) is 16.0. The second-order valence-corrected chi connectivity index (χ2v) is 7.81. The van der Waals surface area contributed by atoms with Crippen LogP contribution in [0.2, 0.25) is 0 Å². The van der Waals surface area contributed by atoms with Gasteiger partial charge in [-0.3, -0.25) is 4.79 Å². The van der Waals surface area contributed by atoms with Crippen molar-refractivity contribution in [3.05, 3.63) is 48.0 Å². The molecule has 0 atom stereocenters. The Morgan fingerprint density at radius 1 is 1.04 bits per heavy atom. The number of sulfonamides is 1. The summed E-state index contributed by atoms with van der Waals surface area (Å²) in [5, 5.41) is 2.71. The lowest BCUT2D eigenvalue weighted by Gasteiger charge is -2.16. The smallest absolute Gasteiger partial charge is 0.246 e. The number of anilines is 1. The number of nitrogens with one attached hydrogen (secondary N) is 1. The summed E-state index contributed by atoms with van der Waals surface area (Å²) in [6, 6.07) is 11.7. The molecule has 0 aliphatic carbocycles. The second-order valence-electron chi connectivity index (χ2n) is 5.69. The van der Waals surface area contributed by atoms with Gasteiger partial charge in [-0.1, -0.05) is 18.2 Å². The van der Waals surface area contributed by atoms with Crippen LogP contribution in [0, 0.1) is 0 Å². The largest absolute Gasteiger partial charge is 0.496 e. The van der Waals surface area contributed by atoms with Crippen molar-refractivity contribution in [3.63, 3.8) is 0 Å². The topological polar surface area (TPSA) is 84.9 Å². The van der Waals surface area contributed by atoms with Crippen LogP contribution in [0.4, 0.5) is 5.69 Å². The predicted octanol–water partition coefficient (Wildman–Crippen LogP) is 2.14. The maximum atomic E-state index is 12.4. The molecule has 0 heterocycles. The molecule has 0 aromatic heterocycles. The molecule has 0 fully saturated rings. The molecule has 0 saturated heterocycles. The molecule has 8 heteroatoms. The first-order valence-corrected chi connectivity index (χ1v) is 9.26. The van der Waals surface area contributed by atoms with Gasteiger partial charge >= 0.3 is 0 Å². The minimum absolute atomic E-state index is 0.0138. The fourth-order valence-electron chi connectivity index (χ4n) is 2.38. The van der Waals surface area contributed by atoms with Crippen LogP contribution in [-0.2, 0) is 21.2 Å². The first kappa shape index (κ1) is 19.7. The van der Waals surface area contributed by atoms with E-state index in [0.29, 0.717) is 11.4 Å². The van der Waals surface area contributed by atoms with E-state index >= 15 is 0 Å². The summed E-state index contributed by atoms with van der Waals surface area (Å²) in [4.78, 5) is 12.3. The zero-order chi connectivity index (χ0) is 19.3. The standard InChI is InChI=1S/C18H22N2O5S/c1-20(2)26(22,23)17-12-14(9-10-16(17)25-4)19-18(21)11-13-7-5-6-8-15(13)24-3/h5-10,12H,11H2,1-4H3,(H,19,21). The van der Waals surface area contributed by atoms with Gasteiger partial charge in [0.15, 0.2) is 0 Å². The van der Waals surface area contributed by atoms with Crippen LogP contribution in [0.3, 0.4) is 0 Å². The van der Waals surface area contributed by atoms with Crippen molar-refractivity contribution >= 4 is 21.6 Å². The number of carbonyl (C=O) groups is 1. The van der Waals surface area contributed by atoms with E-state index in [1.165, 1.54) is 33.3 Å². The quantitative estimate of drug-likeness (QED) is 0.798. The Morgan fingerprint density at radius 3 is 2.31 bits per heavy atom. The van der Waals surface area contributed by atoms with Crippen molar-refractivity contribution in [2.75, 3.05) is 33.6 Å². The second kappa shape index (κ2) is 8.20. The molecule has 2 aromatic carbocycles. The van der Waals surface area contributed by atoms with Crippen LogP contribution < -0.4 is 14.8 Å². The molecule has 2 aromatic rings. The highest BCUT2D eigenvalue weighted by atomic mass is 32.2. The molecule has 1 amide bonds. The molecule has 0 aliphatic heterocycles. The molecular weight excluding hydrogens is 356 g/mol. The Hall–Kier alpha value is -2.58. The van der Waals surface area contributed by atoms with Gasteiger partial charge < -0.3 is 14.8 Å². The molecular formula is C18H22N2O5S. The molecule has 140 valence electrons. The average molecular weight is 378 g/mol. The fraction of sp³-hybridized carbons (Fsp3) is 0.278. The maximum absolute atomic E-state index is 12.4. The van der Waals surface area contributed by atoms with Gasteiger partial charge in [-0.15, -0.1) is 0 Å². The zero-order valence-electron chi connectivity index (χ0n) is 15.1. The number of ether oxygens (including phenoxy) is 2. The van der Waals surface area contributed by atoms with E-state index in [9.17, 15) is 13.2 Å². The van der Waals surface area contributed by atoms with Crippen molar-refractivity contribution in [2.24, 2.45) is 0 Å². The van der Waals surface area contributed by atoms with Crippen molar-refractivity contribution in [1.29, 1.82) is 0 Å². The number of amides is 1. The van der Waals surface area contributed by atoms with Crippen molar-refractivity contribution in [1.82, 2.24) is 4.31 Å². The molecule has 26 heavy (non-hydrogen) atoms. The minimum Gasteiger partial charge on any atom is -0.496 e.